The molecule has 1 aromatic carbocycles. The van der Waals surface area contributed by atoms with Crippen molar-refractivity contribution in [2.45, 2.75) is 40.5 Å². The second kappa shape index (κ2) is 6.22. The summed E-state index contributed by atoms with van der Waals surface area (Å²) in [5, 5.41) is 0. The van der Waals surface area contributed by atoms with Crippen molar-refractivity contribution in [1.29, 1.82) is 0 Å². The number of allylic oxidation sites excluding steroid dienone is 2. The zero-order chi connectivity index (χ0) is 18.3. The van der Waals surface area contributed by atoms with E-state index in [1.54, 1.807) is 13.8 Å². The first-order valence-electron chi connectivity index (χ1n) is 7.62. The molecule has 1 fully saturated rings. The van der Waals surface area contributed by atoms with Crippen molar-refractivity contribution in [3.63, 3.8) is 0 Å². The Labute approximate surface area is 138 Å². The Balaban J connectivity index is 2.04. The Kier molecular flexibility index (Phi) is 4.79. The van der Waals surface area contributed by atoms with Crippen LogP contribution in [0.25, 0.3) is 0 Å². The van der Waals surface area contributed by atoms with E-state index in [1.165, 1.54) is 0 Å². The van der Waals surface area contributed by atoms with Gasteiger partial charge in [-0.15, -0.1) is 0 Å². The number of esters is 1. The first kappa shape index (κ1) is 18.5. The van der Waals surface area contributed by atoms with Crippen LogP contribution in [0.1, 0.15) is 30.5 Å². The Morgan fingerprint density at radius 2 is 1.92 bits per heavy atom. The minimum absolute atomic E-state index is 0.0527. The normalized spacial score (nSPS) is 23.1. The maximum atomic E-state index is 13.1. The highest BCUT2D eigenvalue weighted by atomic mass is 19.4. The van der Waals surface area contributed by atoms with E-state index >= 15 is 0 Å². The third kappa shape index (κ3) is 3.79. The zero-order valence-electron chi connectivity index (χ0n) is 14.0. The number of ether oxygens (including phenoxy) is 1. The predicted molar refractivity (Wildman–Crippen MR) is 81.7 cm³/mol. The van der Waals surface area contributed by atoms with Gasteiger partial charge >= 0.3 is 12.1 Å². The number of carbonyl (C=O) groups is 1. The van der Waals surface area contributed by atoms with E-state index in [2.05, 4.69) is 0 Å². The van der Waals surface area contributed by atoms with Gasteiger partial charge in [-0.2, -0.15) is 13.2 Å². The average Bonchev–Trinajstić information content (AvgIpc) is 2.99. The second-order valence-corrected chi connectivity index (χ2v) is 6.87. The number of halogens is 4. The number of hydrogen-bond acceptors (Lipinski definition) is 2. The minimum atomic E-state index is -5.02. The van der Waals surface area contributed by atoms with Crippen LogP contribution < -0.4 is 0 Å². The fraction of sp³-hybridized carbons (Fsp3) is 0.500. The van der Waals surface area contributed by atoms with Crippen molar-refractivity contribution in [3.05, 3.63) is 46.8 Å². The summed E-state index contributed by atoms with van der Waals surface area (Å²) in [6.07, 6.45) is -4.53. The summed E-state index contributed by atoms with van der Waals surface area (Å²) in [4.78, 5) is 12.2. The molecule has 1 aromatic rings. The van der Waals surface area contributed by atoms with Gasteiger partial charge in [0.05, 0.1) is 5.92 Å². The van der Waals surface area contributed by atoms with Gasteiger partial charge in [0.2, 0.25) is 0 Å². The molecule has 24 heavy (non-hydrogen) atoms. The lowest BCUT2D eigenvalue weighted by molar-refractivity contribution is -0.147. The quantitative estimate of drug-likeness (QED) is 0.565. The fourth-order valence-electron chi connectivity index (χ4n) is 2.89. The van der Waals surface area contributed by atoms with Gasteiger partial charge in [0.1, 0.15) is 6.61 Å². The van der Waals surface area contributed by atoms with Crippen LogP contribution in [0.2, 0.25) is 0 Å². The standard InChI is InChI=1S/C18H20F4O2/c1-10-5-6-11(2)12(7-10)9-24-16(23)15-13(17(15,3)4)8-14(19)18(20,21)22/h5-8,13,15H,9H2,1-4H3/t13-,15-/m1/s1. The van der Waals surface area contributed by atoms with E-state index in [9.17, 15) is 22.4 Å². The molecule has 6 heteroatoms. The molecule has 0 spiro atoms. The lowest BCUT2D eigenvalue weighted by Crippen LogP contribution is -2.11. The molecule has 0 saturated heterocycles. The third-order valence-electron chi connectivity index (χ3n) is 4.64. The molecule has 0 N–H and O–H groups in total. The van der Waals surface area contributed by atoms with E-state index < -0.39 is 35.2 Å². The highest BCUT2D eigenvalue weighted by Crippen LogP contribution is 2.60. The lowest BCUT2D eigenvalue weighted by Gasteiger charge is -2.09. The first-order chi connectivity index (χ1) is 10.9. The van der Waals surface area contributed by atoms with E-state index in [1.807, 2.05) is 32.0 Å². The summed E-state index contributed by atoms with van der Waals surface area (Å²) in [6.45, 7) is 7.10. The van der Waals surface area contributed by atoms with Crippen LogP contribution in [-0.2, 0) is 16.1 Å². The molecule has 2 nitrogen and oxygen atoms in total. The van der Waals surface area contributed by atoms with Gasteiger partial charge in [-0.3, -0.25) is 4.79 Å². The Morgan fingerprint density at radius 1 is 1.29 bits per heavy atom. The van der Waals surface area contributed by atoms with Gasteiger partial charge in [0, 0.05) is 0 Å². The van der Waals surface area contributed by atoms with Crippen LogP contribution in [0.15, 0.2) is 30.1 Å². The minimum Gasteiger partial charge on any atom is -0.461 e. The van der Waals surface area contributed by atoms with E-state index in [-0.39, 0.29) is 6.61 Å². The summed E-state index contributed by atoms with van der Waals surface area (Å²) in [5.41, 5.74) is 2.08. The highest BCUT2D eigenvalue weighted by Gasteiger charge is 2.62. The Hall–Kier alpha value is -1.85. The molecule has 0 heterocycles. The smallest absolute Gasteiger partial charge is 0.442 e. The fourth-order valence-corrected chi connectivity index (χ4v) is 2.89. The van der Waals surface area contributed by atoms with Crippen LogP contribution in [0.4, 0.5) is 17.6 Å². The molecule has 0 amide bonds. The maximum Gasteiger partial charge on any atom is 0.442 e. The molecular weight excluding hydrogens is 324 g/mol. The summed E-state index contributed by atoms with van der Waals surface area (Å²) in [5.74, 6) is -4.34. The number of benzene rings is 1. The number of aryl methyl sites for hydroxylation is 2. The second-order valence-electron chi connectivity index (χ2n) is 6.87. The van der Waals surface area contributed by atoms with Crippen molar-refractivity contribution < 1.29 is 27.1 Å². The summed E-state index contributed by atoms with van der Waals surface area (Å²) >= 11 is 0. The van der Waals surface area contributed by atoms with Crippen LogP contribution in [0, 0.1) is 31.1 Å². The molecule has 1 aliphatic rings. The number of rotatable bonds is 4. The summed E-state index contributed by atoms with van der Waals surface area (Å²) in [7, 11) is 0. The van der Waals surface area contributed by atoms with Gasteiger partial charge in [0.25, 0.3) is 0 Å². The van der Waals surface area contributed by atoms with Gasteiger partial charge in [-0.1, -0.05) is 37.6 Å². The van der Waals surface area contributed by atoms with Gasteiger partial charge in [0.15, 0.2) is 5.83 Å². The zero-order valence-corrected chi connectivity index (χ0v) is 14.0. The van der Waals surface area contributed by atoms with Crippen LogP contribution >= 0.6 is 0 Å². The van der Waals surface area contributed by atoms with Crippen LogP contribution in [0.5, 0.6) is 0 Å². The molecule has 1 saturated carbocycles. The summed E-state index contributed by atoms with van der Waals surface area (Å²) in [6, 6.07) is 5.73. The van der Waals surface area contributed by atoms with Crippen molar-refractivity contribution in [1.82, 2.24) is 0 Å². The predicted octanol–water partition coefficient (Wildman–Crippen LogP) is 5.03. The molecule has 0 unspecified atom stereocenters. The number of carbonyl (C=O) groups excluding carboxylic acids is 1. The van der Waals surface area contributed by atoms with Gasteiger partial charge < -0.3 is 4.74 Å². The maximum absolute atomic E-state index is 13.1. The Bertz CT molecular complexity index is 674. The molecule has 0 radical (unpaired) electrons. The molecule has 132 valence electrons. The van der Waals surface area contributed by atoms with Crippen LogP contribution in [0.3, 0.4) is 0 Å². The van der Waals surface area contributed by atoms with Crippen LogP contribution in [-0.4, -0.2) is 12.1 Å². The lowest BCUT2D eigenvalue weighted by atomic mass is 10.1. The third-order valence-corrected chi connectivity index (χ3v) is 4.64. The number of alkyl halides is 3. The number of hydrogen-bond donors (Lipinski definition) is 0. The molecule has 2 atom stereocenters. The molecule has 0 aliphatic heterocycles. The van der Waals surface area contributed by atoms with Gasteiger partial charge in [-0.25, -0.2) is 4.39 Å². The van der Waals surface area contributed by atoms with Crippen molar-refractivity contribution in [2.24, 2.45) is 17.3 Å². The molecule has 0 aromatic heterocycles. The van der Waals surface area contributed by atoms with Crippen molar-refractivity contribution >= 4 is 5.97 Å². The average molecular weight is 344 g/mol. The monoisotopic (exact) mass is 344 g/mol. The molecular formula is C18H20F4O2. The summed E-state index contributed by atoms with van der Waals surface area (Å²) < 4.78 is 55.3. The Morgan fingerprint density at radius 3 is 2.50 bits per heavy atom. The SMILES string of the molecule is Cc1ccc(C)c(COC(=O)[C@H]2[C@@H](C=C(F)C(F)(F)F)C2(C)C)c1. The first-order valence-corrected chi connectivity index (χ1v) is 7.62. The van der Waals surface area contributed by atoms with E-state index in [0.717, 1.165) is 16.7 Å². The van der Waals surface area contributed by atoms with Crippen molar-refractivity contribution in [2.75, 3.05) is 0 Å². The largest absolute Gasteiger partial charge is 0.461 e. The van der Waals surface area contributed by atoms with Crippen molar-refractivity contribution in [3.8, 4) is 0 Å². The molecule has 2 rings (SSSR count). The van der Waals surface area contributed by atoms with E-state index in [4.69, 9.17) is 4.74 Å². The molecule has 0 bridgehead atoms. The highest BCUT2D eigenvalue weighted by molar-refractivity contribution is 5.78. The van der Waals surface area contributed by atoms with Gasteiger partial charge in [-0.05, 0) is 42.4 Å². The molecule has 1 aliphatic carbocycles. The van der Waals surface area contributed by atoms with E-state index in [0.29, 0.717) is 6.08 Å². The topological polar surface area (TPSA) is 26.3 Å².